The Labute approximate surface area is 214 Å². The van der Waals surface area contributed by atoms with Crippen LogP contribution in [0, 0.1) is 0 Å². The van der Waals surface area contributed by atoms with Crippen molar-refractivity contribution in [2.75, 3.05) is 6.54 Å². The normalized spacial score (nSPS) is 12.4. The number of carboxylic acids is 2. The minimum atomic E-state index is -3.94. The third-order valence-corrected chi connectivity index (χ3v) is 7.16. The molecule has 0 aliphatic rings. The van der Waals surface area contributed by atoms with Crippen LogP contribution in [-0.2, 0) is 27.9 Å². The van der Waals surface area contributed by atoms with Gasteiger partial charge in [0, 0.05) is 49.5 Å². The van der Waals surface area contributed by atoms with Crippen LogP contribution in [0.5, 0.6) is 0 Å². The molecule has 1 heterocycles. The second-order valence-electron chi connectivity index (χ2n) is 8.24. The summed E-state index contributed by atoms with van der Waals surface area (Å²) in [4.78, 5) is 28.6. The number of nitrogens with one attached hydrogen (secondary N) is 1. The minimum absolute atomic E-state index is 0.0234. The van der Waals surface area contributed by atoms with Crippen LogP contribution >= 0.6 is 11.6 Å². The van der Waals surface area contributed by atoms with Gasteiger partial charge in [0.25, 0.3) is 0 Å². The Morgan fingerprint density at radius 1 is 0.972 bits per heavy atom. The highest BCUT2D eigenvalue weighted by atomic mass is 35.5. The lowest BCUT2D eigenvalue weighted by atomic mass is 10.1. The van der Waals surface area contributed by atoms with E-state index in [2.05, 4.69) is 9.71 Å². The van der Waals surface area contributed by atoms with Gasteiger partial charge in [-0.2, -0.15) is 0 Å². The van der Waals surface area contributed by atoms with Crippen LogP contribution < -0.4 is 4.72 Å². The summed E-state index contributed by atoms with van der Waals surface area (Å²) < 4.78 is 28.7. The molecule has 3 aromatic rings. The van der Waals surface area contributed by atoms with Crippen LogP contribution in [0.15, 0.2) is 78.0 Å². The van der Waals surface area contributed by atoms with Crippen LogP contribution in [0.4, 0.5) is 0 Å². The fourth-order valence-electron chi connectivity index (χ4n) is 3.64. The summed E-state index contributed by atoms with van der Waals surface area (Å²) in [6, 6.07) is 15.1. The van der Waals surface area contributed by atoms with Gasteiger partial charge in [-0.25, -0.2) is 17.9 Å². The van der Waals surface area contributed by atoms with E-state index in [9.17, 15) is 23.1 Å². The molecule has 0 spiro atoms. The molecular weight excluding hydrogens is 506 g/mol. The zero-order chi connectivity index (χ0) is 26.1. The van der Waals surface area contributed by atoms with Crippen molar-refractivity contribution >= 4 is 33.6 Å². The quantitative estimate of drug-likeness (QED) is 0.304. The fraction of sp³-hybridized carbons (Fsp3) is 0.240. The third-order valence-electron chi connectivity index (χ3n) is 5.37. The maximum atomic E-state index is 13.0. The summed E-state index contributed by atoms with van der Waals surface area (Å²) in [7, 11) is -3.94. The summed E-state index contributed by atoms with van der Waals surface area (Å²) in [5.41, 5.74) is 1.87. The molecule has 1 atom stereocenters. The average Bonchev–Trinajstić information content (AvgIpc) is 2.83. The number of pyridine rings is 1. The summed E-state index contributed by atoms with van der Waals surface area (Å²) in [5.74, 6) is -2.06. The molecule has 0 saturated heterocycles. The number of carbonyl (C=O) groups is 2. The van der Waals surface area contributed by atoms with Gasteiger partial charge in [0.05, 0.1) is 10.5 Å². The third kappa shape index (κ3) is 8.42. The van der Waals surface area contributed by atoms with Crippen molar-refractivity contribution in [2.45, 2.75) is 36.9 Å². The van der Waals surface area contributed by atoms with Gasteiger partial charge in [0.2, 0.25) is 10.0 Å². The van der Waals surface area contributed by atoms with Gasteiger partial charge in [0.15, 0.2) is 0 Å². The van der Waals surface area contributed by atoms with Crippen LogP contribution in [-0.4, -0.2) is 53.0 Å². The largest absolute Gasteiger partial charge is 0.481 e. The molecule has 0 amide bonds. The van der Waals surface area contributed by atoms with Crippen LogP contribution in [0.1, 0.15) is 34.3 Å². The maximum Gasteiger partial charge on any atom is 0.335 e. The molecule has 0 bridgehead atoms. The van der Waals surface area contributed by atoms with Crippen molar-refractivity contribution in [3.63, 3.8) is 0 Å². The maximum absolute atomic E-state index is 13.0. The number of sulfonamides is 1. The van der Waals surface area contributed by atoms with E-state index in [4.69, 9.17) is 16.7 Å². The van der Waals surface area contributed by atoms with E-state index in [1.165, 1.54) is 36.4 Å². The zero-order valence-corrected chi connectivity index (χ0v) is 20.8. The Morgan fingerprint density at radius 3 is 2.22 bits per heavy atom. The number of hydrogen-bond donors (Lipinski definition) is 3. The van der Waals surface area contributed by atoms with Crippen molar-refractivity contribution in [2.24, 2.45) is 0 Å². The van der Waals surface area contributed by atoms with Gasteiger partial charge in [0.1, 0.15) is 0 Å². The Hall–Kier alpha value is -3.31. The number of benzene rings is 2. The Balaban J connectivity index is 1.84. The predicted octanol–water partition coefficient (Wildman–Crippen LogP) is 3.65. The molecule has 9 nitrogen and oxygen atoms in total. The smallest absolute Gasteiger partial charge is 0.335 e. The van der Waals surface area contributed by atoms with Gasteiger partial charge in [-0.3, -0.25) is 14.7 Å². The predicted molar refractivity (Wildman–Crippen MR) is 134 cm³/mol. The highest BCUT2D eigenvalue weighted by Gasteiger charge is 2.23. The fourth-order valence-corrected chi connectivity index (χ4v) is 5.03. The van der Waals surface area contributed by atoms with Crippen LogP contribution in [0.3, 0.4) is 0 Å². The molecule has 2 aromatic carbocycles. The van der Waals surface area contributed by atoms with E-state index >= 15 is 0 Å². The Bertz CT molecular complexity index is 1270. The Kier molecular flexibility index (Phi) is 9.54. The van der Waals surface area contributed by atoms with Crippen molar-refractivity contribution in [3.05, 3.63) is 94.8 Å². The molecule has 0 radical (unpaired) electrons. The summed E-state index contributed by atoms with van der Waals surface area (Å²) in [6.45, 7) is 0.997. The van der Waals surface area contributed by atoms with Gasteiger partial charge >= 0.3 is 11.9 Å². The van der Waals surface area contributed by atoms with E-state index in [0.29, 0.717) is 18.1 Å². The van der Waals surface area contributed by atoms with Gasteiger partial charge < -0.3 is 10.2 Å². The van der Waals surface area contributed by atoms with Crippen LogP contribution in [0.2, 0.25) is 5.02 Å². The molecular formula is C25H26ClN3O6S. The topological polar surface area (TPSA) is 137 Å². The standard InChI is InChI=1S/C25H26ClN3O6S/c26-21-7-10-23(11-8-21)36(34,35)28-22(9-12-24(30)31)17-29(16-19-2-1-13-27-14-19)15-18-3-5-20(6-4-18)25(32)33/h1-8,10-11,13-14,22,28H,9,12,15-17H2,(H,30,31)(H,32,33)/t22-/m0/s1. The SMILES string of the molecule is O=C(O)CC[C@@H](CN(Cc1ccc(C(=O)O)cc1)Cc1cccnc1)NS(=O)(=O)c1ccc(Cl)cc1. The van der Waals surface area contributed by atoms with E-state index in [0.717, 1.165) is 11.1 Å². The van der Waals surface area contributed by atoms with E-state index in [-0.39, 0.29) is 29.8 Å². The highest BCUT2D eigenvalue weighted by molar-refractivity contribution is 7.89. The zero-order valence-electron chi connectivity index (χ0n) is 19.2. The molecule has 190 valence electrons. The van der Waals surface area contributed by atoms with E-state index in [1.54, 1.807) is 30.6 Å². The molecule has 0 fully saturated rings. The van der Waals surface area contributed by atoms with Gasteiger partial charge in [-0.1, -0.05) is 29.8 Å². The molecule has 1 aromatic heterocycles. The number of hydrogen-bond acceptors (Lipinski definition) is 6. The van der Waals surface area contributed by atoms with Crippen LogP contribution in [0.25, 0.3) is 0 Å². The number of halogens is 1. The summed E-state index contributed by atoms with van der Waals surface area (Å²) in [6.07, 6.45) is 3.20. The second-order valence-corrected chi connectivity index (χ2v) is 10.4. The molecule has 0 aliphatic heterocycles. The highest BCUT2D eigenvalue weighted by Crippen LogP contribution is 2.17. The first-order valence-electron chi connectivity index (χ1n) is 11.1. The molecule has 0 saturated carbocycles. The minimum Gasteiger partial charge on any atom is -0.481 e. The number of aromatic carboxylic acids is 1. The van der Waals surface area contributed by atoms with Gasteiger partial charge in [-0.15, -0.1) is 0 Å². The average molecular weight is 532 g/mol. The van der Waals surface area contributed by atoms with E-state index < -0.39 is 28.0 Å². The lowest BCUT2D eigenvalue weighted by Crippen LogP contribution is -2.43. The number of aromatic nitrogens is 1. The number of rotatable bonds is 13. The molecule has 3 N–H and O–H groups in total. The van der Waals surface area contributed by atoms with Crippen molar-refractivity contribution < 1.29 is 28.2 Å². The van der Waals surface area contributed by atoms with E-state index in [1.807, 2.05) is 11.0 Å². The summed E-state index contributed by atoms with van der Waals surface area (Å²) >= 11 is 5.88. The lowest BCUT2D eigenvalue weighted by Gasteiger charge is -2.28. The van der Waals surface area contributed by atoms with Crippen molar-refractivity contribution in [1.82, 2.24) is 14.6 Å². The first-order chi connectivity index (χ1) is 17.1. The molecule has 0 unspecified atom stereocenters. The summed E-state index contributed by atoms with van der Waals surface area (Å²) in [5, 5.41) is 18.8. The van der Waals surface area contributed by atoms with Crippen molar-refractivity contribution in [3.8, 4) is 0 Å². The molecule has 0 aliphatic carbocycles. The first-order valence-corrected chi connectivity index (χ1v) is 12.9. The second kappa shape index (κ2) is 12.6. The first kappa shape index (κ1) is 27.3. The Morgan fingerprint density at radius 2 is 1.64 bits per heavy atom. The molecule has 36 heavy (non-hydrogen) atoms. The lowest BCUT2D eigenvalue weighted by molar-refractivity contribution is -0.137. The number of carboxylic acid groups (broad SMARTS) is 2. The number of nitrogens with zero attached hydrogens (tertiary/aromatic N) is 2. The molecule has 3 rings (SSSR count). The monoisotopic (exact) mass is 531 g/mol. The number of aliphatic carboxylic acids is 1. The molecule has 11 heteroatoms. The van der Waals surface area contributed by atoms with Crippen molar-refractivity contribution in [1.29, 1.82) is 0 Å². The van der Waals surface area contributed by atoms with Gasteiger partial charge in [-0.05, 0) is 60.0 Å².